The Bertz CT molecular complexity index is 590. The van der Waals surface area contributed by atoms with Crippen LogP contribution < -0.4 is 4.74 Å². The highest BCUT2D eigenvalue weighted by Gasteiger charge is 2.10. The molecule has 0 spiro atoms. The quantitative estimate of drug-likeness (QED) is 0.747. The second-order valence-corrected chi connectivity index (χ2v) is 4.16. The fraction of sp³-hybridized carbons (Fsp3) is 0. The summed E-state index contributed by atoms with van der Waals surface area (Å²) in [4.78, 5) is 0. The van der Waals surface area contributed by atoms with Gasteiger partial charge in [-0.15, -0.1) is 5.26 Å². The number of ether oxygens (including phenoxy) is 1. The molecule has 0 aliphatic heterocycles. The van der Waals surface area contributed by atoms with Gasteiger partial charge in [0.25, 0.3) is 6.26 Å². The summed E-state index contributed by atoms with van der Waals surface area (Å²) in [5.41, 5.74) is 1.59. The van der Waals surface area contributed by atoms with Gasteiger partial charge in [-0.2, -0.15) is 0 Å². The molecule has 0 amide bonds. The molecule has 0 radical (unpaired) electrons. The summed E-state index contributed by atoms with van der Waals surface area (Å²) in [6, 6.07) is 12.6. The SMILES string of the molecule is N#COc1c(Cl)cccc1-c1cccc(Cl)c1. The number of hydrogen-bond donors (Lipinski definition) is 0. The van der Waals surface area contributed by atoms with Crippen LogP contribution in [0, 0.1) is 11.5 Å². The number of rotatable bonds is 2. The van der Waals surface area contributed by atoms with Gasteiger partial charge in [-0.25, -0.2) is 0 Å². The van der Waals surface area contributed by atoms with Crippen molar-refractivity contribution in [1.29, 1.82) is 5.26 Å². The zero-order valence-electron chi connectivity index (χ0n) is 8.65. The molecular formula is C13H7Cl2NO. The third-order valence-corrected chi connectivity index (χ3v) is 2.78. The molecule has 0 bridgehead atoms. The normalized spacial score (nSPS) is 9.71. The molecule has 0 saturated carbocycles. The van der Waals surface area contributed by atoms with E-state index in [-0.39, 0.29) is 0 Å². The van der Waals surface area contributed by atoms with Gasteiger partial charge in [0.05, 0.1) is 5.02 Å². The summed E-state index contributed by atoms with van der Waals surface area (Å²) in [5.74, 6) is 0.346. The van der Waals surface area contributed by atoms with Gasteiger partial charge in [-0.1, -0.05) is 47.5 Å². The molecule has 0 unspecified atom stereocenters. The van der Waals surface area contributed by atoms with E-state index in [1.165, 1.54) is 0 Å². The maximum Gasteiger partial charge on any atom is 0.292 e. The Morgan fingerprint density at radius 3 is 2.53 bits per heavy atom. The Labute approximate surface area is 109 Å². The van der Waals surface area contributed by atoms with E-state index < -0.39 is 0 Å². The zero-order chi connectivity index (χ0) is 12.3. The van der Waals surface area contributed by atoms with Gasteiger partial charge in [0.2, 0.25) is 0 Å². The number of benzene rings is 2. The summed E-state index contributed by atoms with van der Waals surface area (Å²) in [5, 5.41) is 9.62. The van der Waals surface area contributed by atoms with Crippen LogP contribution in [0.15, 0.2) is 42.5 Å². The van der Waals surface area contributed by atoms with Crippen LogP contribution in [0.2, 0.25) is 10.0 Å². The predicted octanol–water partition coefficient (Wildman–Crippen LogP) is 4.52. The van der Waals surface area contributed by atoms with Crippen LogP contribution in [0.5, 0.6) is 5.75 Å². The molecule has 0 aromatic heterocycles. The molecule has 0 atom stereocenters. The van der Waals surface area contributed by atoms with Gasteiger partial charge in [-0.05, 0) is 23.8 Å². The third-order valence-electron chi connectivity index (χ3n) is 2.25. The van der Waals surface area contributed by atoms with E-state index in [0.717, 1.165) is 11.1 Å². The van der Waals surface area contributed by atoms with Gasteiger partial charge < -0.3 is 4.74 Å². The number of nitriles is 1. The van der Waals surface area contributed by atoms with E-state index in [9.17, 15) is 0 Å². The molecule has 4 heteroatoms. The molecule has 2 aromatic carbocycles. The maximum absolute atomic E-state index is 8.61. The molecule has 2 rings (SSSR count). The molecule has 0 heterocycles. The predicted molar refractivity (Wildman–Crippen MR) is 68.1 cm³/mol. The largest absolute Gasteiger partial charge is 0.386 e. The van der Waals surface area contributed by atoms with E-state index in [0.29, 0.717) is 15.8 Å². The smallest absolute Gasteiger partial charge is 0.292 e. The molecule has 0 saturated heterocycles. The first-order chi connectivity index (χ1) is 8.22. The Morgan fingerprint density at radius 2 is 1.82 bits per heavy atom. The second kappa shape index (κ2) is 5.09. The third kappa shape index (κ3) is 2.52. The Kier molecular flexibility index (Phi) is 3.53. The van der Waals surface area contributed by atoms with Crippen molar-refractivity contribution < 1.29 is 4.74 Å². The highest BCUT2D eigenvalue weighted by molar-refractivity contribution is 6.32. The van der Waals surface area contributed by atoms with E-state index in [1.54, 1.807) is 30.5 Å². The van der Waals surface area contributed by atoms with Gasteiger partial charge in [0.1, 0.15) is 0 Å². The number of hydrogen-bond acceptors (Lipinski definition) is 2. The highest BCUT2D eigenvalue weighted by Crippen LogP contribution is 2.36. The Balaban J connectivity index is 2.59. The van der Waals surface area contributed by atoms with Gasteiger partial charge in [-0.3, -0.25) is 0 Å². The second-order valence-electron chi connectivity index (χ2n) is 3.32. The molecule has 2 aromatic rings. The fourth-order valence-electron chi connectivity index (χ4n) is 1.54. The van der Waals surface area contributed by atoms with Gasteiger partial charge in [0.15, 0.2) is 5.75 Å². The van der Waals surface area contributed by atoms with Crippen molar-refractivity contribution in [1.82, 2.24) is 0 Å². The highest BCUT2D eigenvalue weighted by atomic mass is 35.5. The molecule has 0 fully saturated rings. The van der Waals surface area contributed by atoms with E-state index in [1.807, 2.05) is 18.2 Å². The number of halogens is 2. The monoisotopic (exact) mass is 263 g/mol. The summed E-state index contributed by atoms with van der Waals surface area (Å²) >= 11 is 11.9. The summed E-state index contributed by atoms with van der Waals surface area (Å²) in [6.45, 7) is 0. The zero-order valence-corrected chi connectivity index (χ0v) is 10.2. The fourth-order valence-corrected chi connectivity index (χ4v) is 1.94. The van der Waals surface area contributed by atoms with Crippen LogP contribution in [0.4, 0.5) is 0 Å². The van der Waals surface area contributed by atoms with Crippen LogP contribution in [-0.4, -0.2) is 0 Å². The molecule has 0 N–H and O–H groups in total. The first-order valence-electron chi connectivity index (χ1n) is 4.83. The van der Waals surface area contributed by atoms with Crippen molar-refractivity contribution in [3.63, 3.8) is 0 Å². The first kappa shape index (κ1) is 11.8. The lowest BCUT2D eigenvalue weighted by atomic mass is 10.0. The topological polar surface area (TPSA) is 33.0 Å². The summed E-state index contributed by atoms with van der Waals surface area (Å²) in [7, 11) is 0. The Hall–Kier alpha value is -1.69. The molecule has 2 nitrogen and oxygen atoms in total. The van der Waals surface area contributed by atoms with Crippen LogP contribution >= 0.6 is 23.2 Å². The van der Waals surface area contributed by atoms with E-state index in [4.69, 9.17) is 33.2 Å². The molecule has 84 valence electrons. The average molecular weight is 264 g/mol. The summed E-state index contributed by atoms with van der Waals surface area (Å²) < 4.78 is 4.89. The van der Waals surface area contributed by atoms with Crippen molar-refractivity contribution >= 4 is 23.2 Å². The first-order valence-corrected chi connectivity index (χ1v) is 5.58. The van der Waals surface area contributed by atoms with Crippen LogP contribution in [-0.2, 0) is 0 Å². The molecule has 0 aliphatic carbocycles. The van der Waals surface area contributed by atoms with Crippen molar-refractivity contribution in [2.24, 2.45) is 0 Å². The van der Waals surface area contributed by atoms with Gasteiger partial charge >= 0.3 is 0 Å². The van der Waals surface area contributed by atoms with Crippen LogP contribution in [0.1, 0.15) is 0 Å². The number of nitrogens with zero attached hydrogens (tertiary/aromatic N) is 1. The molecular weight excluding hydrogens is 257 g/mol. The van der Waals surface area contributed by atoms with Crippen molar-refractivity contribution in [3.8, 4) is 23.1 Å². The van der Waals surface area contributed by atoms with E-state index >= 15 is 0 Å². The Morgan fingerprint density at radius 1 is 1.06 bits per heavy atom. The lowest BCUT2D eigenvalue weighted by molar-refractivity contribution is 0.509. The maximum atomic E-state index is 8.61. The minimum atomic E-state index is 0.346. The average Bonchev–Trinajstić information content (AvgIpc) is 2.32. The van der Waals surface area contributed by atoms with E-state index in [2.05, 4.69) is 0 Å². The van der Waals surface area contributed by atoms with Crippen molar-refractivity contribution in [2.75, 3.05) is 0 Å². The summed E-state index contributed by atoms with van der Waals surface area (Å²) in [6.07, 6.45) is 1.63. The van der Waals surface area contributed by atoms with Gasteiger partial charge in [0, 0.05) is 10.6 Å². The lowest BCUT2D eigenvalue weighted by Gasteiger charge is -2.08. The number of para-hydroxylation sites is 1. The van der Waals surface area contributed by atoms with Crippen molar-refractivity contribution in [2.45, 2.75) is 0 Å². The van der Waals surface area contributed by atoms with Crippen LogP contribution in [0.25, 0.3) is 11.1 Å². The minimum Gasteiger partial charge on any atom is -0.386 e. The minimum absolute atomic E-state index is 0.346. The lowest BCUT2D eigenvalue weighted by Crippen LogP contribution is -1.88. The molecule has 17 heavy (non-hydrogen) atoms. The molecule has 0 aliphatic rings. The van der Waals surface area contributed by atoms with Crippen LogP contribution in [0.3, 0.4) is 0 Å². The van der Waals surface area contributed by atoms with Crippen molar-refractivity contribution in [3.05, 3.63) is 52.5 Å². The standard InChI is InChI=1S/C13H7Cl2NO/c14-10-4-1-3-9(7-10)11-5-2-6-12(15)13(11)17-8-16/h1-7H.